The Morgan fingerprint density at radius 1 is 1.20 bits per heavy atom. The molecular formula is C22H33N3O3S2. The standard InChI is InChI=1S/C22H33N3O3S2/c1-21(2,3)28-20(26)25(7)14-15-10-8-9-11-16(15)17-12-13-18(29-17)19(23)24-30(27)22(4,5)6/h8-13,19,24H,14,23H2,1-7H3/t19-,30+/m1/s1. The molecule has 1 amide bonds. The Morgan fingerprint density at radius 2 is 1.83 bits per heavy atom. The van der Waals surface area contributed by atoms with Crippen LogP contribution in [0.25, 0.3) is 10.4 Å². The van der Waals surface area contributed by atoms with Gasteiger partial charge >= 0.3 is 6.09 Å². The molecule has 0 aliphatic rings. The van der Waals surface area contributed by atoms with Gasteiger partial charge in [-0.2, -0.15) is 0 Å². The Morgan fingerprint density at radius 3 is 2.43 bits per heavy atom. The highest BCUT2D eigenvalue weighted by atomic mass is 32.2. The highest BCUT2D eigenvalue weighted by Crippen LogP contribution is 2.33. The second-order valence-corrected chi connectivity index (χ2v) is 12.3. The van der Waals surface area contributed by atoms with Crippen LogP contribution < -0.4 is 10.5 Å². The Hall–Kier alpha value is -1.58. The van der Waals surface area contributed by atoms with E-state index in [0.717, 1.165) is 20.9 Å². The van der Waals surface area contributed by atoms with Gasteiger partial charge in [0, 0.05) is 34.7 Å². The van der Waals surface area contributed by atoms with Crippen molar-refractivity contribution in [1.82, 2.24) is 9.62 Å². The van der Waals surface area contributed by atoms with E-state index >= 15 is 0 Å². The zero-order chi connectivity index (χ0) is 22.7. The molecule has 0 aliphatic carbocycles. The summed E-state index contributed by atoms with van der Waals surface area (Å²) in [6.07, 6.45) is -0.875. The van der Waals surface area contributed by atoms with Crippen molar-refractivity contribution in [2.45, 2.75) is 64.6 Å². The third-order valence-corrected chi connectivity index (χ3v) is 6.90. The van der Waals surface area contributed by atoms with Crippen LogP contribution in [0.2, 0.25) is 0 Å². The summed E-state index contributed by atoms with van der Waals surface area (Å²) in [4.78, 5) is 15.8. The maximum atomic E-state index is 12.3. The number of hydrogen-bond acceptors (Lipinski definition) is 6. The van der Waals surface area contributed by atoms with E-state index < -0.39 is 27.9 Å². The topological polar surface area (TPSA) is 90.6 Å². The predicted octanol–water partition coefficient (Wildman–Crippen LogP) is 4.79. The zero-order valence-electron chi connectivity index (χ0n) is 18.8. The molecule has 2 rings (SSSR count). The molecule has 0 saturated carbocycles. The van der Waals surface area contributed by atoms with E-state index in [0.29, 0.717) is 6.54 Å². The summed E-state index contributed by atoms with van der Waals surface area (Å²) in [6, 6.07) is 11.9. The maximum Gasteiger partial charge on any atom is 0.410 e. The van der Waals surface area contributed by atoms with Crippen LogP contribution in [0.4, 0.5) is 4.79 Å². The quantitative estimate of drug-likeness (QED) is 0.487. The summed E-state index contributed by atoms with van der Waals surface area (Å²) in [7, 11) is 1.73. The van der Waals surface area contributed by atoms with E-state index in [1.807, 2.05) is 77.9 Å². The minimum atomic E-state index is -1.26. The van der Waals surface area contributed by atoms with E-state index in [1.165, 1.54) is 0 Å². The van der Waals surface area contributed by atoms with Gasteiger partial charge in [0.25, 0.3) is 0 Å². The van der Waals surface area contributed by atoms with Gasteiger partial charge in [-0.05, 0) is 64.8 Å². The first-order chi connectivity index (χ1) is 13.8. The van der Waals surface area contributed by atoms with E-state index in [-0.39, 0.29) is 6.09 Å². The molecule has 0 spiro atoms. The molecule has 3 N–H and O–H groups in total. The van der Waals surface area contributed by atoms with Crippen molar-refractivity contribution in [1.29, 1.82) is 0 Å². The number of nitrogens with two attached hydrogens (primary N) is 1. The minimum Gasteiger partial charge on any atom is -0.598 e. The van der Waals surface area contributed by atoms with Gasteiger partial charge in [0.2, 0.25) is 0 Å². The Kier molecular flexibility index (Phi) is 7.98. The second-order valence-electron chi connectivity index (χ2n) is 9.17. The first kappa shape index (κ1) is 24.7. The summed E-state index contributed by atoms with van der Waals surface area (Å²) in [5.74, 6) is 0. The smallest absolute Gasteiger partial charge is 0.410 e. The molecule has 0 bridgehead atoms. The van der Waals surface area contributed by atoms with Gasteiger partial charge in [-0.3, -0.25) is 0 Å². The van der Waals surface area contributed by atoms with Crippen molar-refractivity contribution in [2.24, 2.45) is 5.73 Å². The lowest BCUT2D eigenvalue weighted by molar-refractivity contribution is 0.0285. The fourth-order valence-corrected chi connectivity index (χ4v) is 4.38. The van der Waals surface area contributed by atoms with Crippen molar-refractivity contribution in [3.05, 3.63) is 46.8 Å². The van der Waals surface area contributed by atoms with Crippen LogP contribution in [0, 0.1) is 0 Å². The number of thiophene rings is 1. The van der Waals surface area contributed by atoms with Crippen molar-refractivity contribution in [2.75, 3.05) is 7.05 Å². The molecule has 1 heterocycles. The largest absolute Gasteiger partial charge is 0.598 e. The molecule has 166 valence electrons. The van der Waals surface area contributed by atoms with E-state index in [2.05, 4.69) is 4.72 Å². The number of benzene rings is 1. The van der Waals surface area contributed by atoms with Crippen LogP contribution in [0.3, 0.4) is 0 Å². The van der Waals surface area contributed by atoms with E-state index in [9.17, 15) is 9.35 Å². The number of nitrogens with one attached hydrogen (secondary N) is 1. The van der Waals surface area contributed by atoms with Gasteiger partial charge in [0.15, 0.2) is 0 Å². The number of rotatable bonds is 6. The van der Waals surface area contributed by atoms with Crippen molar-refractivity contribution >= 4 is 28.8 Å². The molecule has 0 unspecified atom stereocenters. The van der Waals surface area contributed by atoms with Gasteiger partial charge in [0.1, 0.15) is 16.5 Å². The minimum absolute atomic E-state index is 0.361. The molecule has 1 aromatic carbocycles. The SMILES string of the molecule is CN(Cc1ccccc1-c1ccc([C@H](N)N[S@@+]([O-])C(C)(C)C)s1)C(=O)OC(C)(C)C. The third kappa shape index (κ3) is 6.99. The van der Waals surface area contributed by atoms with E-state index in [1.54, 1.807) is 23.3 Å². The molecule has 1 aromatic heterocycles. The number of nitrogens with zero attached hydrogens (tertiary/aromatic N) is 1. The number of amides is 1. The predicted molar refractivity (Wildman–Crippen MR) is 125 cm³/mol. The van der Waals surface area contributed by atoms with Crippen molar-refractivity contribution < 1.29 is 14.1 Å². The van der Waals surface area contributed by atoms with Crippen LogP contribution >= 0.6 is 11.3 Å². The van der Waals surface area contributed by atoms with Crippen molar-refractivity contribution in [3.63, 3.8) is 0 Å². The van der Waals surface area contributed by atoms with Gasteiger partial charge in [0.05, 0.1) is 0 Å². The Bertz CT molecular complexity index is 856. The Balaban J connectivity index is 2.17. The number of carbonyl (C=O) groups is 1. The van der Waals surface area contributed by atoms with Gasteiger partial charge in [-0.1, -0.05) is 24.3 Å². The molecule has 0 saturated heterocycles. The lowest BCUT2D eigenvalue weighted by Crippen LogP contribution is -2.43. The normalized spacial score (nSPS) is 14.3. The molecule has 0 radical (unpaired) electrons. The van der Waals surface area contributed by atoms with Gasteiger partial charge in [-0.25, -0.2) is 4.79 Å². The summed E-state index contributed by atoms with van der Waals surface area (Å²) in [5.41, 5.74) is 7.75. The maximum absolute atomic E-state index is 12.3. The van der Waals surface area contributed by atoms with Crippen LogP contribution in [-0.2, 0) is 22.6 Å². The van der Waals surface area contributed by atoms with Crippen LogP contribution in [-0.4, -0.2) is 32.9 Å². The fourth-order valence-electron chi connectivity index (χ4n) is 2.57. The van der Waals surface area contributed by atoms with Crippen LogP contribution in [0.15, 0.2) is 36.4 Å². The molecule has 6 nitrogen and oxygen atoms in total. The van der Waals surface area contributed by atoms with Crippen molar-refractivity contribution in [3.8, 4) is 10.4 Å². The monoisotopic (exact) mass is 451 g/mol. The molecule has 0 fully saturated rings. The summed E-state index contributed by atoms with van der Waals surface area (Å²) >= 11 is 0.294. The molecule has 2 atom stereocenters. The molecule has 8 heteroatoms. The third-order valence-electron chi connectivity index (χ3n) is 4.12. The zero-order valence-corrected chi connectivity index (χ0v) is 20.4. The molecule has 30 heavy (non-hydrogen) atoms. The average Bonchev–Trinajstić information content (AvgIpc) is 3.09. The van der Waals surface area contributed by atoms with E-state index in [4.69, 9.17) is 10.5 Å². The second kappa shape index (κ2) is 9.70. The summed E-state index contributed by atoms with van der Waals surface area (Å²) < 4.78 is 20.4. The Labute approximate surface area is 187 Å². The van der Waals surface area contributed by atoms with Gasteiger partial charge in [-0.15, -0.1) is 16.1 Å². The first-order valence-electron chi connectivity index (χ1n) is 9.83. The van der Waals surface area contributed by atoms with Crippen LogP contribution in [0.5, 0.6) is 0 Å². The molecule has 0 aliphatic heterocycles. The lowest BCUT2D eigenvalue weighted by Gasteiger charge is -2.26. The first-order valence-corrected chi connectivity index (χ1v) is 11.8. The highest BCUT2D eigenvalue weighted by Gasteiger charge is 2.29. The molecule has 2 aromatic rings. The molecular weight excluding hydrogens is 418 g/mol. The number of hydrogen-bond donors (Lipinski definition) is 2. The van der Waals surface area contributed by atoms with Gasteiger partial charge < -0.3 is 19.9 Å². The van der Waals surface area contributed by atoms with Crippen LogP contribution in [0.1, 0.15) is 58.1 Å². The number of ether oxygens (including phenoxy) is 1. The lowest BCUT2D eigenvalue weighted by atomic mass is 10.1. The summed E-state index contributed by atoms with van der Waals surface area (Å²) in [5, 5.41) is 0. The number of carbonyl (C=O) groups excluding carboxylic acids is 1. The summed E-state index contributed by atoms with van der Waals surface area (Å²) in [6.45, 7) is 11.7. The average molecular weight is 452 g/mol. The highest BCUT2D eigenvalue weighted by molar-refractivity contribution is 7.90. The fraction of sp³-hybridized carbons (Fsp3) is 0.500.